The van der Waals surface area contributed by atoms with E-state index in [1.807, 2.05) is 11.8 Å². The highest BCUT2D eigenvalue weighted by Gasteiger charge is 2.33. The fraction of sp³-hybridized carbons (Fsp3) is 0.812. The molecular formula is C16H26N4O4. The van der Waals surface area contributed by atoms with Gasteiger partial charge in [0.25, 0.3) is 0 Å². The second-order valence-corrected chi connectivity index (χ2v) is 6.46. The van der Waals surface area contributed by atoms with Gasteiger partial charge in [0, 0.05) is 39.9 Å². The van der Waals surface area contributed by atoms with Crippen molar-refractivity contribution in [3.05, 3.63) is 11.7 Å². The lowest BCUT2D eigenvalue weighted by Crippen LogP contribution is -2.52. The quantitative estimate of drug-likeness (QED) is 0.781. The van der Waals surface area contributed by atoms with E-state index in [4.69, 9.17) is 14.0 Å². The van der Waals surface area contributed by atoms with E-state index in [2.05, 4.69) is 15.0 Å². The van der Waals surface area contributed by atoms with Crippen molar-refractivity contribution < 1.29 is 18.8 Å². The summed E-state index contributed by atoms with van der Waals surface area (Å²) < 4.78 is 15.8. The molecule has 8 nitrogen and oxygen atoms in total. The minimum absolute atomic E-state index is 0.0119. The predicted octanol–water partition coefficient (Wildman–Crippen LogP) is 0.675. The lowest BCUT2D eigenvalue weighted by molar-refractivity contribution is -0.145. The minimum Gasteiger partial charge on any atom is -0.378 e. The van der Waals surface area contributed by atoms with Crippen molar-refractivity contribution in [2.24, 2.45) is 5.92 Å². The van der Waals surface area contributed by atoms with E-state index < -0.39 is 0 Å². The Balaban J connectivity index is 1.47. The topological polar surface area (TPSA) is 80.9 Å². The molecule has 3 heterocycles. The van der Waals surface area contributed by atoms with Gasteiger partial charge in [0.1, 0.15) is 6.61 Å². The molecule has 0 aliphatic carbocycles. The van der Waals surface area contributed by atoms with Gasteiger partial charge >= 0.3 is 0 Å². The van der Waals surface area contributed by atoms with Crippen LogP contribution < -0.4 is 0 Å². The van der Waals surface area contributed by atoms with Crippen molar-refractivity contribution in [1.82, 2.24) is 19.9 Å². The van der Waals surface area contributed by atoms with Gasteiger partial charge in [0.05, 0.1) is 18.6 Å². The molecule has 2 aliphatic heterocycles. The summed E-state index contributed by atoms with van der Waals surface area (Å²) in [6.07, 6.45) is 1.94. The van der Waals surface area contributed by atoms with Crippen LogP contribution in [-0.2, 0) is 27.4 Å². The largest absolute Gasteiger partial charge is 0.378 e. The van der Waals surface area contributed by atoms with Crippen molar-refractivity contribution in [2.45, 2.75) is 39.0 Å². The lowest BCUT2D eigenvalue weighted by Gasteiger charge is -2.38. The molecule has 1 amide bonds. The number of hydrogen-bond acceptors (Lipinski definition) is 7. The maximum absolute atomic E-state index is 12.7. The third kappa shape index (κ3) is 4.12. The molecule has 0 radical (unpaired) electrons. The Labute approximate surface area is 142 Å². The number of hydrogen-bond donors (Lipinski definition) is 0. The zero-order valence-electron chi connectivity index (χ0n) is 14.4. The first-order chi connectivity index (χ1) is 11.7. The van der Waals surface area contributed by atoms with Crippen molar-refractivity contribution in [1.29, 1.82) is 0 Å². The first-order valence-corrected chi connectivity index (χ1v) is 8.60. The van der Waals surface area contributed by atoms with Gasteiger partial charge in [-0.1, -0.05) is 5.16 Å². The average molecular weight is 338 g/mol. The second-order valence-electron chi connectivity index (χ2n) is 6.46. The number of amides is 1. The zero-order chi connectivity index (χ0) is 16.9. The molecule has 134 valence electrons. The molecule has 2 saturated heterocycles. The third-order valence-electron chi connectivity index (χ3n) is 4.75. The molecule has 0 unspecified atom stereocenters. The zero-order valence-corrected chi connectivity index (χ0v) is 14.4. The number of ether oxygens (including phenoxy) is 2. The summed E-state index contributed by atoms with van der Waals surface area (Å²) in [5.74, 6) is 1.41. The monoisotopic (exact) mass is 338 g/mol. The Bertz CT molecular complexity index is 542. The van der Waals surface area contributed by atoms with Crippen LogP contribution in [0, 0.1) is 5.92 Å². The third-order valence-corrected chi connectivity index (χ3v) is 4.75. The number of nitrogens with zero attached hydrogens (tertiary/aromatic N) is 4. The van der Waals surface area contributed by atoms with Crippen LogP contribution in [0.1, 0.15) is 31.5 Å². The molecule has 2 aliphatic rings. The Morgan fingerprint density at radius 3 is 2.83 bits per heavy atom. The van der Waals surface area contributed by atoms with E-state index in [0.29, 0.717) is 24.9 Å². The van der Waals surface area contributed by atoms with Gasteiger partial charge in [-0.3, -0.25) is 9.69 Å². The van der Waals surface area contributed by atoms with Crippen LogP contribution in [0.2, 0.25) is 0 Å². The van der Waals surface area contributed by atoms with E-state index in [1.54, 1.807) is 7.11 Å². The van der Waals surface area contributed by atoms with Gasteiger partial charge in [0.2, 0.25) is 11.8 Å². The van der Waals surface area contributed by atoms with Crippen molar-refractivity contribution in [3.8, 4) is 0 Å². The summed E-state index contributed by atoms with van der Waals surface area (Å²) in [4.78, 5) is 21.2. The molecule has 1 aromatic heterocycles. The van der Waals surface area contributed by atoms with Gasteiger partial charge in [-0.2, -0.15) is 4.98 Å². The molecule has 2 fully saturated rings. The number of carbonyl (C=O) groups excluding carboxylic acids is 1. The maximum atomic E-state index is 12.7. The van der Waals surface area contributed by atoms with Crippen molar-refractivity contribution in [2.75, 3.05) is 39.9 Å². The molecule has 1 aromatic rings. The molecule has 0 N–H and O–H groups in total. The van der Waals surface area contributed by atoms with Crippen molar-refractivity contribution >= 4 is 5.91 Å². The summed E-state index contributed by atoms with van der Waals surface area (Å²) in [5.41, 5.74) is 0. The van der Waals surface area contributed by atoms with Gasteiger partial charge in [-0.05, 0) is 19.8 Å². The molecule has 0 bridgehead atoms. The van der Waals surface area contributed by atoms with Crippen molar-refractivity contribution in [3.63, 3.8) is 0 Å². The van der Waals surface area contributed by atoms with E-state index in [-0.39, 0.29) is 17.9 Å². The van der Waals surface area contributed by atoms with Gasteiger partial charge in [-0.25, -0.2) is 0 Å². The van der Waals surface area contributed by atoms with Gasteiger partial charge < -0.3 is 18.9 Å². The summed E-state index contributed by atoms with van der Waals surface area (Å²) in [6, 6.07) is 0. The Hall–Kier alpha value is -1.51. The predicted molar refractivity (Wildman–Crippen MR) is 85.0 cm³/mol. The molecule has 0 aromatic carbocycles. The normalized spacial score (nSPS) is 25.8. The first-order valence-electron chi connectivity index (χ1n) is 8.60. The minimum atomic E-state index is 0.0119. The highest BCUT2D eigenvalue weighted by atomic mass is 16.5. The number of carbonyl (C=O) groups is 1. The van der Waals surface area contributed by atoms with Crippen LogP contribution in [0.25, 0.3) is 0 Å². The fourth-order valence-electron chi connectivity index (χ4n) is 3.34. The Morgan fingerprint density at radius 2 is 2.12 bits per heavy atom. The number of aromatic nitrogens is 2. The van der Waals surface area contributed by atoms with Gasteiger partial charge in [-0.15, -0.1) is 0 Å². The van der Waals surface area contributed by atoms with Crippen LogP contribution in [0.5, 0.6) is 0 Å². The molecule has 3 rings (SSSR count). The van der Waals surface area contributed by atoms with E-state index in [0.717, 1.165) is 45.6 Å². The highest BCUT2D eigenvalue weighted by molar-refractivity contribution is 5.79. The maximum Gasteiger partial charge on any atom is 0.240 e. The van der Waals surface area contributed by atoms with E-state index >= 15 is 0 Å². The molecule has 2 atom stereocenters. The summed E-state index contributed by atoms with van der Waals surface area (Å²) in [6.45, 7) is 6.85. The lowest BCUT2D eigenvalue weighted by atomic mass is 9.93. The highest BCUT2D eigenvalue weighted by Crippen LogP contribution is 2.23. The summed E-state index contributed by atoms with van der Waals surface area (Å²) in [7, 11) is 1.60. The number of rotatable bonds is 5. The Kier molecular flexibility index (Phi) is 5.80. The van der Waals surface area contributed by atoms with E-state index in [1.165, 1.54) is 0 Å². The molecule has 24 heavy (non-hydrogen) atoms. The summed E-state index contributed by atoms with van der Waals surface area (Å²) in [5, 5.41) is 3.87. The first kappa shape index (κ1) is 17.3. The number of piperazine rings is 1. The van der Waals surface area contributed by atoms with Crippen LogP contribution in [0.3, 0.4) is 0 Å². The molecule has 0 saturated carbocycles. The molecule has 0 spiro atoms. The Morgan fingerprint density at radius 1 is 1.33 bits per heavy atom. The van der Waals surface area contributed by atoms with Crippen LogP contribution >= 0.6 is 0 Å². The van der Waals surface area contributed by atoms with Crippen LogP contribution in [0.15, 0.2) is 4.52 Å². The molecular weight excluding hydrogens is 312 g/mol. The SMILES string of the molecule is COCc1noc(CN2CCN(C(=O)[C@H]3CCCO[C@@H]3C)CC2)n1. The molecule has 8 heteroatoms. The number of methoxy groups -OCH3 is 1. The fourth-order valence-corrected chi connectivity index (χ4v) is 3.34. The average Bonchev–Trinajstić information content (AvgIpc) is 3.03. The second kappa shape index (κ2) is 8.04. The standard InChI is InChI=1S/C16H26N4O4/c1-12-13(4-3-9-23-12)16(21)20-7-5-19(6-8-20)10-15-17-14(11-22-2)18-24-15/h12-13H,3-11H2,1-2H3/t12-,13+/m1/s1. The van der Waals surface area contributed by atoms with Crippen LogP contribution in [-0.4, -0.2) is 71.8 Å². The summed E-state index contributed by atoms with van der Waals surface area (Å²) >= 11 is 0. The van der Waals surface area contributed by atoms with E-state index in [9.17, 15) is 4.79 Å². The van der Waals surface area contributed by atoms with Crippen LogP contribution in [0.4, 0.5) is 0 Å². The smallest absolute Gasteiger partial charge is 0.240 e. The van der Waals surface area contributed by atoms with Gasteiger partial charge in [0.15, 0.2) is 5.82 Å².